The highest BCUT2D eigenvalue weighted by atomic mass is 79.9. The molecule has 0 unspecified atom stereocenters. The van der Waals surface area contributed by atoms with E-state index in [1.807, 2.05) is 24.3 Å². The van der Waals surface area contributed by atoms with E-state index >= 15 is 0 Å². The second-order valence-corrected chi connectivity index (χ2v) is 5.97. The van der Waals surface area contributed by atoms with Gasteiger partial charge in [-0.3, -0.25) is 4.79 Å². The lowest BCUT2D eigenvalue weighted by Gasteiger charge is -2.21. The molecular weight excluding hydrogens is 334 g/mol. The van der Waals surface area contributed by atoms with Crippen LogP contribution in [0.4, 0.5) is 0 Å². The van der Waals surface area contributed by atoms with Crippen LogP contribution in [-0.2, 0) is 16.8 Å². The largest absolute Gasteiger partial charge is 0.466 e. The van der Waals surface area contributed by atoms with Crippen LogP contribution in [0.2, 0.25) is 0 Å². The molecule has 0 radical (unpaired) electrons. The van der Waals surface area contributed by atoms with Crippen molar-refractivity contribution in [3.63, 3.8) is 0 Å². The SMILES string of the molecule is C[C@@](O)(CNC(=O)CCc1ccccc1Br)c1ccco1. The standard InChI is InChI=1S/C16H18BrNO3/c1-16(20,14-7-4-10-21-14)11-18-15(19)9-8-12-5-2-3-6-13(12)17/h2-7,10,20H,8-9,11H2,1H3,(H,18,19)/t16-/m1/s1. The van der Waals surface area contributed by atoms with E-state index in [2.05, 4.69) is 21.2 Å². The van der Waals surface area contributed by atoms with Crippen molar-refractivity contribution >= 4 is 21.8 Å². The van der Waals surface area contributed by atoms with Gasteiger partial charge in [0.25, 0.3) is 0 Å². The third kappa shape index (κ3) is 4.44. The Labute approximate surface area is 132 Å². The number of furan rings is 1. The molecule has 2 aromatic rings. The molecule has 2 rings (SSSR count). The van der Waals surface area contributed by atoms with Crippen LogP contribution >= 0.6 is 15.9 Å². The number of aliphatic hydroxyl groups is 1. The summed E-state index contributed by atoms with van der Waals surface area (Å²) in [6.07, 6.45) is 2.52. The van der Waals surface area contributed by atoms with E-state index in [-0.39, 0.29) is 12.5 Å². The predicted molar refractivity (Wildman–Crippen MR) is 83.8 cm³/mol. The van der Waals surface area contributed by atoms with E-state index in [0.717, 1.165) is 10.0 Å². The van der Waals surface area contributed by atoms with Crippen LogP contribution in [0.15, 0.2) is 51.6 Å². The highest BCUT2D eigenvalue weighted by molar-refractivity contribution is 9.10. The lowest BCUT2D eigenvalue weighted by atomic mass is 10.0. The van der Waals surface area contributed by atoms with Crippen molar-refractivity contribution in [1.82, 2.24) is 5.32 Å². The van der Waals surface area contributed by atoms with Crippen molar-refractivity contribution in [1.29, 1.82) is 0 Å². The molecule has 5 heteroatoms. The first-order chi connectivity index (χ1) is 9.99. The summed E-state index contributed by atoms with van der Waals surface area (Å²) < 4.78 is 6.17. The summed E-state index contributed by atoms with van der Waals surface area (Å²) in [6.45, 7) is 1.73. The molecule has 21 heavy (non-hydrogen) atoms. The maximum Gasteiger partial charge on any atom is 0.220 e. The number of aryl methyl sites for hydroxylation is 1. The molecule has 0 saturated heterocycles. The van der Waals surface area contributed by atoms with Gasteiger partial charge in [0.1, 0.15) is 11.4 Å². The summed E-state index contributed by atoms with van der Waals surface area (Å²) in [6, 6.07) is 11.2. The zero-order chi connectivity index (χ0) is 15.3. The number of rotatable bonds is 6. The molecule has 0 fully saturated rings. The number of nitrogens with one attached hydrogen (secondary N) is 1. The van der Waals surface area contributed by atoms with E-state index in [4.69, 9.17) is 4.42 Å². The number of carbonyl (C=O) groups excluding carboxylic acids is 1. The van der Waals surface area contributed by atoms with E-state index in [1.165, 1.54) is 6.26 Å². The van der Waals surface area contributed by atoms with Gasteiger partial charge in [0.15, 0.2) is 0 Å². The smallest absolute Gasteiger partial charge is 0.220 e. The first-order valence-corrected chi connectivity index (χ1v) is 7.55. The molecule has 0 saturated carbocycles. The normalized spacial score (nSPS) is 13.7. The van der Waals surface area contributed by atoms with Crippen LogP contribution in [0.3, 0.4) is 0 Å². The Morgan fingerprint density at radius 1 is 1.33 bits per heavy atom. The fourth-order valence-electron chi connectivity index (χ4n) is 1.98. The molecule has 1 amide bonds. The average molecular weight is 352 g/mol. The molecule has 1 aromatic carbocycles. The van der Waals surface area contributed by atoms with Crippen molar-refractivity contribution in [2.24, 2.45) is 0 Å². The van der Waals surface area contributed by atoms with E-state index < -0.39 is 5.60 Å². The first-order valence-electron chi connectivity index (χ1n) is 6.75. The van der Waals surface area contributed by atoms with Gasteiger partial charge in [0, 0.05) is 10.9 Å². The molecule has 0 aliphatic rings. The molecule has 4 nitrogen and oxygen atoms in total. The molecular formula is C16H18BrNO3. The average Bonchev–Trinajstić information content (AvgIpc) is 2.99. The van der Waals surface area contributed by atoms with Gasteiger partial charge in [-0.05, 0) is 37.1 Å². The molecule has 112 valence electrons. The Hall–Kier alpha value is -1.59. The minimum absolute atomic E-state index is 0.0995. The van der Waals surface area contributed by atoms with Gasteiger partial charge in [-0.25, -0.2) is 0 Å². The minimum Gasteiger partial charge on any atom is -0.466 e. The predicted octanol–water partition coefficient (Wildman–Crippen LogP) is 3.00. The monoisotopic (exact) mass is 351 g/mol. The number of carbonyl (C=O) groups is 1. The molecule has 1 aromatic heterocycles. The summed E-state index contributed by atoms with van der Waals surface area (Å²) in [5.74, 6) is 0.339. The Kier molecular flexibility index (Phi) is 5.20. The van der Waals surface area contributed by atoms with Gasteiger partial charge < -0.3 is 14.8 Å². The zero-order valence-corrected chi connectivity index (χ0v) is 13.4. The third-order valence-electron chi connectivity index (χ3n) is 3.26. The quantitative estimate of drug-likeness (QED) is 0.840. The molecule has 0 aliphatic heterocycles. The van der Waals surface area contributed by atoms with Crippen molar-refractivity contribution in [2.75, 3.05) is 6.54 Å². The van der Waals surface area contributed by atoms with Gasteiger partial charge in [-0.15, -0.1) is 0 Å². The number of amides is 1. The van der Waals surface area contributed by atoms with Gasteiger partial charge in [-0.1, -0.05) is 34.1 Å². The first kappa shape index (κ1) is 15.8. The summed E-state index contributed by atoms with van der Waals surface area (Å²) in [5.41, 5.74) is -0.114. The maximum absolute atomic E-state index is 11.9. The lowest BCUT2D eigenvalue weighted by molar-refractivity contribution is -0.122. The Balaban J connectivity index is 1.82. The van der Waals surface area contributed by atoms with Gasteiger partial charge in [0.2, 0.25) is 5.91 Å². The number of benzene rings is 1. The summed E-state index contributed by atoms with van der Waals surface area (Å²) in [4.78, 5) is 11.9. The zero-order valence-electron chi connectivity index (χ0n) is 11.8. The minimum atomic E-state index is -1.20. The van der Waals surface area contributed by atoms with E-state index in [1.54, 1.807) is 19.1 Å². The van der Waals surface area contributed by atoms with Crippen molar-refractivity contribution < 1.29 is 14.3 Å². The van der Waals surface area contributed by atoms with Crippen LogP contribution < -0.4 is 5.32 Å². The van der Waals surface area contributed by atoms with Gasteiger partial charge in [0.05, 0.1) is 12.8 Å². The third-order valence-corrected chi connectivity index (χ3v) is 4.03. The van der Waals surface area contributed by atoms with Crippen molar-refractivity contribution in [3.05, 3.63) is 58.5 Å². The Morgan fingerprint density at radius 2 is 2.10 bits per heavy atom. The topological polar surface area (TPSA) is 62.5 Å². The lowest BCUT2D eigenvalue weighted by Crippen LogP contribution is -2.38. The molecule has 1 heterocycles. The van der Waals surface area contributed by atoms with Crippen molar-refractivity contribution in [3.8, 4) is 0 Å². The maximum atomic E-state index is 11.9. The fourth-order valence-corrected chi connectivity index (χ4v) is 2.46. The summed E-state index contributed by atoms with van der Waals surface area (Å²) >= 11 is 3.46. The molecule has 0 bridgehead atoms. The number of hydrogen-bond acceptors (Lipinski definition) is 3. The van der Waals surface area contributed by atoms with Crippen molar-refractivity contribution in [2.45, 2.75) is 25.4 Å². The van der Waals surface area contributed by atoms with Gasteiger partial charge >= 0.3 is 0 Å². The number of halogens is 1. The van der Waals surface area contributed by atoms with E-state index in [0.29, 0.717) is 18.6 Å². The van der Waals surface area contributed by atoms with Gasteiger partial charge in [-0.2, -0.15) is 0 Å². The van der Waals surface area contributed by atoms with Crippen LogP contribution in [0.25, 0.3) is 0 Å². The fraction of sp³-hybridized carbons (Fsp3) is 0.312. The number of hydrogen-bond donors (Lipinski definition) is 2. The molecule has 2 N–H and O–H groups in total. The Morgan fingerprint density at radius 3 is 2.76 bits per heavy atom. The molecule has 1 atom stereocenters. The van der Waals surface area contributed by atoms with E-state index in [9.17, 15) is 9.90 Å². The second kappa shape index (κ2) is 6.91. The Bertz CT molecular complexity index is 593. The van der Waals surface area contributed by atoms with Crippen LogP contribution in [-0.4, -0.2) is 17.6 Å². The van der Waals surface area contributed by atoms with Crippen LogP contribution in [0, 0.1) is 0 Å². The van der Waals surface area contributed by atoms with Crippen LogP contribution in [0.1, 0.15) is 24.7 Å². The summed E-state index contributed by atoms with van der Waals surface area (Å²) in [7, 11) is 0. The molecule has 0 spiro atoms. The highest BCUT2D eigenvalue weighted by Crippen LogP contribution is 2.20. The second-order valence-electron chi connectivity index (χ2n) is 5.12. The molecule has 0 aliphatic carbocycles. The highest BCUT2D eigenvalue weighted by Gasteiger charge is 2.26. The summed E-state index contributed by atoms with van der Waals surface area (Å²) in [5, 5.41) is 13.0. The van der Waals surface area contributed by atoms with Crippen LogP contribution in [0.5, 0.6) is 0 Å².